The van der Waals surface area contributed by atoms with Crippen molar-refractivity contribution in [2.45, 2.75) is 33.6 Å². The van der Waals surface area contributed by atoms with Crippen LogP contribution in [0.4, 0.5) is 0 Å². The Balaban J connectivity index is 0.000000461. The summed E-state index contributed by atoms with van der Waals surface area (Å²) in [5.41, 5.74) is 3.20. The Morgan fingerprint density at radius 3 is 2.71 bits per heavy atom. The van der Waals surface area contributed by atoms with Gasteiger partial charge in [0.15, 0.2) is 0 Å². The first-order valence-corrected chi connectivity index (χ1v) is 5.84. The maximum absolute atomic E-state index is 2.46. The van der Waals surface area contributed by atoms with Crippen molar-refractivity contribution in [2.24, 2.45) is 5.92 Å². The molecule has 1 heterocycles. The topological polar surface area (TPSA) is 3.24 Å². The van der Waals surface area contributed by atoms with Crippen LogP contribution in [-0.2, 0) is 0 Å². The third-order valence-corrected chi connectivity index (χ3v) is 2.84. The molecule has 0 spiro atoms. The highest BCUT2D eigenvalue weighted by Crippen LogP contribution is 2.28. The molecule has 0 saturated carbocycles. The van der Waals surface area contributed by atoms with Crippen molar-refractivity contribution in [2.75, 3.05) is 20.1 Å². The molecule has 80 valence electrons. The van der Waals surface area contributed by atoms with E-state index in [1.54, 1.807) is 11.1 Å². The van der Waals surface area contributed by atoms with Crippen molar-refractivity contribution in [3.8, 4) is 0 Å². The van der Waals surface area contributed by atoms with Crippen molar-refractivity contribution in [3.05, 3.63) is 23.3 Å². The molecular formula is C13H23N. The summed E-state index contributed by atoms with van der Waals surface area (Å²) >= 11 is 0. The van der Waals surface area contributed by atoms with Crippen molar-refractivity contribution in [3.63, 3.8) is 0 Å². The molecule has 0 N–H and O–H groups in total. The van der Waals surface area contributed by atoms with Gasteiger partial charge in [0.25, 0.3) is 0 Å². The minimum Gasteiger partial charge on any atom is -0.302 e. The van der Waals surface area contributed by atoms with Crippen molar-refractivity contribution in [1.82, 2.24) is 4.90 Å². The molecule has 0 bridgehead atoms. The molecule has 1 saturated heterocycles. The van der Waals surface area contributed by atoms with E-state index in [2.05, 4.69) is 31.0 Å². The van der Waals surface area contributed by atoms with Gasteiger partial charge >= 0.3 is 0 Å². The molecular weight excluding hydrogens is 170 g/mol. The van der Waals surface area contributed by atoms with E-state index in [9.17, 15) is 0 Å². The normalized spacial score (nSPS) is 26.7. The SMILES string of the molecule is CC.CC1C=C2CCN(C)CC2=CC1. The fraction of sp³-hybridized carbons (Fsp3) is 0.692. The maximum atomic E-state index is 2.46. The highest BCUT2D eigenvalue weighted by molar-refractivity contribution is 5.37. The highest BCUT2D eigenvalue weighted by atomic mass is 15.1. The lowest BCUT2D eigenvalue weighted by Crippen LogP contribution is -2.29. The number of hydrogen-bond acceptors (Lipinski definition) is 1. The van der Waals surface area contributed by atoms with Crippen LogP contribution in [-0.4, -0.2) is 25.0 Å². The number of fused-ring (bicyclic) bond motifs is 1. The molecule has 1 nitrogen and oxygen atoms in total. The predicted molar refractivity (Wildman–Crippen MR) is 63.4 cm³/mol. The van der Waals surface area contributed by atoms with Crippen LogP contribution in [0.2, 0.25) is 0 Å². The lowest BCUT2D eigenvalue weighted by atomic mass is 9.87. The first-order chi connectivity index (χ1) is 6.75. The summed E-state index contributed by atoms with van der Waals surface area (Å²) < 4.78 is 0. The molecule has 0 aromatic rings. The molecule has 0 amide bonds. The highest BCUT2D eigenvalue weighted by Gasteiger charge is 2.18. The second-order valence-electron chi connectivity index (χ2n) is 4.12. The second-order valence-corrected chi connectivity index (χ2v) is 4.12. The Morgan fingerprint density at radius 1 is 1.29 bits per heavy atom. The first-order valence-electron chi connectivity index (χ1n) is 5.84. The standard InChI is InChI=1S/C11H17N.C2H6/c1-9-3-4-11-8-12(2)6-5-10(11)7-9;1-2/h4,7,9H,3,5-6,8H2,1-2H3;1-2H3. The molecule has 14 heavy (non-hydrogen) atoms. The van der Waals surface area contributed by atoms with Crippen LogP contribution in [0.5, 0.6) is 0 Å². The number of hydrogen-bond donors (Lipinski definition) is 0. The van der Waals surface area contributed by atoms with Gasteiger partial charge in [0.1, 0.15) is 0 Å². The summed E-state index contributed by atoms with van der Waals surface area (Å²) in [6.45, 7) is 8.70. The van der Waals surface area contributed by atoms with Gasteiger partial charge in [-0.25, -0.2) is 0 Å². The van der Waals surface area contributed by atoms with Crippen LogP contribution in [0.1, 0.15) is 33.6 Å². The molecule has 1 heteroatoms. The van der Waals surface area contributed by atoms with Gasteiger partial charge in [-0.2, -0.15) is 0 Å². The van der Waals surface area contributed by atoms with Gasteiger partial charge in [0, 0.05) is 13.1 Å². The molecule has 1 atom stereocenters. The third kappa shape index (κ3) is 2.71. The molecule has 0 aromatic heterocycles. The first kappa shape index (κ1) is 11.5. The molecule has 2 rings (SSSR count). The van der Waals surface area contributed by atoms with Crippen LogP contribution in [0.3, 0.4) is 0 Å². The van der Waals surface area contributed by atoms with E-state index in [1.165, 1.54) is 25.9 Å². The van der Waals surface area contributed by atoms with E-state index in [1.807, 2.05) is 13.8 Å². The van der Waals surface area contributed by atoms with Crippen LogP contribution >= 0.6 is 0 Å². The minimum atomic E-state index is 0.771. The van der Waals surface area contributed by atoms with Gasteiger partial charge in [-0.3, -0.25) is 0 Å². The Morgan fingerprint density at radius 2 is 2.00 bits per heavy atom. The van der Waals surface area contributed by atoms with Gasteiger partial charge in [-0.1, -0.05) is 32.9 Å². The molecule has 2 aliphatic rings. The molecule has 0 radical (unpaired) electrons. The number of rotatable bonds is 0. The number of likely N-dealkylation sites (N-methyl/N-ethyl adjacent to an activating group) is 1. The summed E-state index contributed by atoms with van der Waals surface area (Å²) in [7, 11) is 2.20. The van der Waals surface area contributed by atoms with Gasteiger partial charge < -0.3 is 4.90 Å². The fourth-order valence-corrected chi connectivity index (χ4v) is 2.07. The van der Waals surface area contributed by atoms with Gasteiger partial charge in [-0.05, 0) is 37.0 Å². The predicted octanol–water partition coefficient (Wildman–Crippen LogP) is 3.24. The van der Waals surface area contributed by atoms with E-state index < -0.39 is 0 Å². The van der Waals surface area contributed by atoms with Crippen LogP contribution < -0.4 is 0 Å². The van der Waals surface area contributed by atoms with E-state index in [0.717, 1.165) is 5.92 Å². The van der Waals surface area contributed by atoms with Crippen molar-refractivity contribution < 1.29 is 0 Å². The van der Waals surface area contributed by atoms with Crippen LogP contribution in [0.15, 0.2) is 23.3 Å². The summed E-state index contributed by atoms with van der Waals surface area (Å²) in [6.07, 6.45) is 7.39. The van der Waals surface area contributed by atoms with Crippen LogP contribution in [0, 0.1) is 5.92 Å². The van der Waals surface area contributed by atoms with Crippen molar-refractivity contribution in [1.29, 1.82) is 0 Å². The Kier molecular flexibility index (Phi) is 4.40. The van der Waals surface area contributed by atoms with Gasteiger partial charge in [-0.15, -0.1) is 0 Å². The molecule has 1 fully saturated rings. The zero-order valence-electron chi connectivity index (χ0n) is 10.0. The zero-order chi connectivity index (χ0) is 10.6. The molecule has 1 aliphatic heterocycles. The number of piperidine rings is 1. The lowest BCUT2D eigenvalue weighted by Gasteiger charge is -2.30. The van der Waals surface area contributed by atoms with E-state index in [0.29, 0.717) is 0 Å². The van der Waals surface area contributed by atoms with E-state index in [4.69, 9.17) is 0 Å². The molecule has 0 aromatic carbocycles. The third-order valence-electron chi connectivity index (χ3n) is 2.84. The smallest absolute Gasteiger partial charge is 0.0230 e. The van der Waals surface area contributed by atoms with E-state index in [-0.39, 0.29) is 0 Å². The minimum absolute atomic E-state index is 0.771. The fourth-order valence-electron chi connectivity index (χ4n) is 2.07. The largest absolute Gasteiger partial charge is 0.302 e. The Bertz CT molecular complexity index is 238. The maximum Gasteiger partial charge on any atom is 0.0230 e. The Labute approximate surface area is 88.5 Å². The summed E-state index contributed by atoms with van der Waals surface area (Å²) in [5.74, 6) is 0.771. The van der Waals surface area contributed by atoms with Crippen LogP contribution in [0.25, 0.3) is 0 Å². The summed E-state index contributed by atoms with van der Waals surface area (Å²) in [6, 6.07) is 0. The van der Waals surface area contributed by atoms with Gasteiger partial charge in [0.2, 0.25) is 0 Å². The average Bonchev–Trinajstić information content (AvgIpc) is 2.21. The second kappa shape index (κ2) is 5.35. The average molecular weight is 193 g/mol. The monoisotopic (exact) mass is 193 g/mol. The quantitative estimate of drug-likeness (QED) is 0.571. The number of nitrogens with zero attached hydrogens (tertiary/aromatic N) is 1. The lowest BCUT2D eigenvalue weighted by molar-refractivity contribution is 0.344. The van der Waals surface area contributed by atoms with E-state index >= 15 is 0 Å². The van der Waals surface area contributed by atoms with Crippen molar-refractivity contribution >= 4 is 0 Å². The summed E-state index contributed by atoms with van der Waals surface area (Å²) in [4.78, 5) is 2.40. The van der Waals surface area contributed by atoms with Gasteiger partial charge in [0.05, 0.1) is 0 Å². The number of allylic oxidation sites excluding steroid dienone is 2. The Hall–Kier alpha value is -0.560. The molecule has 1 unspecified atom stereocenters. The summed E-state index contributed by atoms with van der Waals surface area (Å²) in [5, 5.41) is 0. The number of likely N-dealkylation sites (tertiary alicyclic amines) is 1. The molecule has 1 aliphatic carbocycles. The zero-order valence-corrected chi connectivity index (χ0v) is 10.0.